The summed E-state index contributed by atoms with van der Waals surface area (Å²) in [7, 11) is 0. The molecular weight excluding hydrogens is 260 g/mol. The number of nitrogens with zero attached hydrogens (tertiary/aromatic N) is 2. The SMILES string of the molecule is CCNC(c1ncn[nH]1)C1CCOC2(CCSC2)C1. The van der Waals surface area contributed by atoms with Crippen LogP contribution in [0.4, 0.5) is 0 Å². The molecule has 106 valence electrons. The average Bonchev–Trinajstić information content (AvgIpc) is 3.08. The third-order valence-electron chi connectivity index (χ3n) is 4.22. The molecule has 6 heteroatoms. The number of hydrogen-bond donors (Lipinski definition) is 2. The van der Waals surface area contributed by atoms with E-state index in [9.17, 15) is 0 Å². The van der Waals surface area contributed by atoms with Gasteiger partial charge in [0.2, 0.25) is 0 Å². The van der Waals surface area contributed by atoms with E-state index in [1.807, 2.05) is 11.8 Å². The molecule has 3 rings (SSSR count). The highest BCUT2D eigenvalue weighted by Crippen LogP contribution is 2.43. The smallest absolute Gasteiger partial charge is 0.141 e. The normalized spacial score (nSPS) is 32.8. The molecule has 3 unspecified atom stereocenters. The minimum atomic E-state index is 0.126. The molecule has 0 aromatic carbocycles. The van der Waals surface area contributed by atoms with E-state index in [2.05, 4.69) is 27.4 Å². The Bertz CT molecular complexity index is 391. The highest BCUT2D eigenvalue weighted by Gasteiger charge is 2.43. The van der Waals surface area contributed by atoms with Crippen LogP contribution in [0.2, 0.25) is 0 Å². The molecular formula is C13H22N4OS. The Morgan fingerprint density at radius 1 is 1.68 bits per heavy atom. The number of ether oxygens (including phenoxy) is 1. The number of H-pyrrole nitrogens is 1. The van der Waals surface area contributed by atoms with Gasteiger partial charge in [-0.05, 0) is 37.5 Å². The molecule has 2 aliphatic rings. The van der Waals surface area contributed by atoms with Crippen LogP contribution in [0.25, 0.3) is 0 Å². The maximum absolute atomic E-state index is 6.11. The molecule has 1 spiro atoms. The Kier molecular flexibility index (Phi) is 4.10. The molecule has 5 nitrogen and oxygen atoms in total. The second-order valence-corrected chi connectivity index (χ2v) is 6.60. The summed E-state index contributed by atoms with van der Waals surface area (Å²) in [5.74, 6) is 3.94. The minimum Gasteiger partial charge on any atom is -0.374 e. The molecule has 0 aliphatic carbocycles. The molecule has 0 saturated carbocycles. The van der Waals surface area contributed by atoms with Crippen molar-refractivity contribution in [3.63, 3.8) is 0 Å². The summed E-state index contributed by atoms with van der Waals surface area (Å²) in [6, 6.07) is 0.277. The number of rotatable bonds is 4. The van der Waals surface area contributed by atoms with Crippen molar-refractivity contribution in [2.45, 2.75) is 37.8 Å². The van der Waals surface area contributed by atoms with Crippen LogP contribution in [0.3, 0.4) is 0 Å². The van der Waals surface area contributed by atoms with E-state index in [1.54, 1.807) is 6.33 Å². The van der Waals surface area contributed by atoms with E-state index >= 15 is 0 Å². The van der Waals surface area contributed by atoms with E-state index in [0.29, 0.717) is 5.92 Å². The Morgan fingerprint density at radius 2 is 2.63 bits per heavy atom. The first-order chi connectivity index (χ1) is 9.33. The van der Waals surface area contributed by atoms with Gasteiger partial charge in [-0.2, -0.15) is 16.9 Å². The lowest BCUT2D eigenvalue weighted by Gasteiger charge is -2.40. The van der Waals surface area contributed by atoms with Crippen LogP contribution in [0.15, 0.2) is 6.33 Å². The van der Waals surface area contributed by atoms with Crippen LogP contribution in [0, 0.1) is 5.92 Å². The van der Waals surface area contributed by atoms with Crippen LogP contribution in [-0.2, 0) is 4.74 Å². The Morgan fingerprint density at radius 3 is 3.32 bits per heavy atom. The van der Waals surface area contributed by atoms with Crippen molar-refractivity contribution in [2.24, 2.45) is 5.92 Å². The predicted molar refractivity (Wildman–Crippen MR) is 76.1 cm³/mol. The molecule has 19 heavy (non-hydrogen) atoms. The monoisotopic (exact) mass is 282 g/mol. The first-order valence-electron chi connectivity index (χ1n) is 7.13. The van der Waals surface area contributed by atoms with Crippen LogP contribution in [0.1, 0.15) is 38.1 Å². The highest BCUT2D eigenvalue weighted by molar-refractivity contribution is 7.99. The second-order valence-electron chi connectivity index (χ2n) is 5.49. The van der Waals surface area contributed by atoms with Crippen molar-refractivity contribution in [3.05, 3.63) is 12.2 Å². The molecule has 2 fully saturated rings. The zero-order chi connectivity index (χ0) is 13.1. The number of thioether (sulfide) groups is 1. The van der Waals surface area contributed by atoms with Gasteiger partial charge in [-0.15, -0.1) is 0 Å². The minimum absolute atomic E-state index is 0.126. The predicted octanol–water partition coefficient (Wildman–Crippen LogP) is 1.76. The molecule has 1 aromatic rings. The summed E-state index contributed by atoms with van der Waals surface area (Å²) in [5.41, 5.74) is 0.126. The zero-order valence-corrected chi connectivity index (χ0v) is 12.2. The lowest BCUT2D eigenvalue weighted by molar-refractivity contribution is -0.0857. The van der Waals surface area contributed by atoms with E-state index in [4.69, 9.17) is 4.74 Å². The van der Waals surface area contributed by atoms with Crippen LogP contribution in [-0.4, -0.2) is 45.4 Å². The lowest BCUT2D eigenvalue weighted by Crippen LogP contribution is -2.44. The first-order valence-corrected chi connectivity index (χ1v) is 8.29. The van der Waals surface area contributed by atoms with Crippen molar-refractivity contribution in [3.8, 4) is 0 Å². The molecule has 0 amide bonds. The van der Waals surface area contributed by atoms with Crippen molar-refractivity contribution in [2.75, 3.05) is 24.7 Å². The summed E-state index contributed by atoms with van der Waals surface area (Å²) in [6.45, 7) is 3.97. The average molecular weight is 282 g/mol. The molecule has 3 atom stereocenters. The van der Waals surface area contributed by atoms with E-state index in [-0.39, 0.29) is 11.6 Å². The summed E-state index contributed by atoms with van der Waals surface area (Å²) in [5, 5.41) is 10.6. The summed E-state index contributed by atoms with van der Waals surface area (Å²) in [4.78, 5) is 4.35. The fraction of sp³-hybridized carbons (Fsp3) is 0.846. The summed E-state index contributed by atoms with van der Waals surface area (Å²) < 4.78 is 6.11. The van der Waals surface area contributed by atoms with Crippen LogP contribution in [0.5, 0.6) is 0 Å². The van der Waals surface area contributed by atoms with Crippen molar-refractivity contribution in [1.82, 2.24) is 20.5 Å². The van der Waals surface area contributed by atoms with Gasteiger partial charge < -0.3 is 10.1 Å². The molecule has 2 N–H and O–H groups in total. The fourth-order valence-corrected chi connectivity index (χ4v) is 4.66. The van der Waals surface area contributed by atoms with E-state index in [0.717, 1.165) is 37.6 Å². The largest absolute Gasteiger partial charge is 0.374 e. The number of aromatic nitrogens is 3. The molecule has 2 saturated heterocycles. The summed E-state index contributed by atoms with van der Waals surface area (Å²) in [6.07, 6.45) is 5.03. The molecule has 1 aromatic heterocycles. The number of hydrogen-bond acceptors (Lipinski definition) is 5. The standard InChI is InChI=1S/C13H22N4OS/c1-2-14-11(12-15-9-16-17-12)10-3-5-18-13(7-10)4-6-19-8-13/h9-11,14H,2-8H2,1H3,(H,15,16,17). The van der Waals surface area contributed by atoms with E-state index < -0.39 is 0 Å². The molecule has 3 heterocycles. The number of nitrogens with one attached hydrogen (secondary N) is 2. The third-order valence-corrected chi connectivity index (χ3v) is 5.44. The highest BCUT2D eigenvalue weighted by atomic mass is 32.2. The second kappa shape index (κ2) is 5.81. The van der Waals surface area contributed by atoms with Crippen LogP contribution < -0.4 is 5.32 Å². The van der Waals surface area contributed by atoms with Gasteiger partial charge >= 0.3 is 0 Å². The molecule has 0 radical (unpaired) electrons. The van der Waals surface area contributed by atoms with Crippen molar-refractivity contribution < 1.29 is 4.74 Å². The van der Waals surface area contributed by atoms with Gasteiger partial charge in [0.1, 0.15) is 12.2 Å². The van der Waals surface area contributed by atoms with Gasteiger partial charge in [0.25, 0.3) is 0 Å². The Labute approximate surface area is 118 Å². The maximum atomic E-state index is 6.11. The zero-order valence-electron chi connectivity index (χ0n) is 11.4. The topological polar surface area (TPSA) is 62.8 Å². The quantitative estimate of drug-likeness (QED) is 0.881. The third kappa shape index (κ3) is 2.80. The molecule has 0 bridgehead atoms. The van der Waals surface area contributed by atoms with Gasteiger partial charge in [-0.25, -0.2) is 4.98 Å². The Balaban J connectivity index is 1.74. The van der Waals surface area contributed by atoms with Gasteiger partial charge in [0.15, 0.2) is 0 Å². The fourth-order valence-electron chi connectivity index (χ4n) is 3.28. The van der Waals surface area contributed by atoms with Gasteiger partial charge in [-0.1, -0.05) is 6.92 Å². The van der Waals surface area contributed by atoms with Gasteiger partial charge in [0, 0.05) is 12.4 Å². The van der Waals surface area contributed by atoms with E-state index in [1.165, 1.54) is 12.2 Å². The van der Waals surface area contributed by atoms with Gasteiger partial charge in [0.05, 0.1) is 11.6 Å². The molecule has 2 aliphatic heterocycles. The number of aromatic amines is 1. The van der Waals surface area contributed by atoms with Crippen LogP contribution >= 0.6 is 11.8 Å². The lowest BCUT2D eigenvalue weighted by atomic mass is 9.81. The van der Waals surface area contributed by atoms with Gasteiger partial charge in [-0.3, -0.25) is 5.10 Å². The summed E-state index contributed by atoms with van der Waals surface area (Å²) >= 11 is 2.02. The first kappa shape index (κ1) is 13.4. The van der Waals surface area contributed by atoms with Crippen molar-refractivity contribution in [1.29, 1.82) is 0 Å². The Hall–Kier alpha value is -0.590. The maximum Gasteiger partial charge on any atom is 0.141 e. The van der Waals surface area contributed by atoms with Crippen molar-refractivity contribution >= 4 is 11.8 Å².